The minimum absolute atomic E-state index is 0.0374. The standard InChI is InChI=1S/C22H29NO2/c1-5-21(25-20-13-10-17(3)18(4)15-20)22(24)23-14-6-7-19-11-8-16(2)9-12-19/h8-13,15,21H,5-7,14H2,1-4H3,(H,23,24)/t21-/m0/s1. The summed E-state index contributed by atoms with van der Waals surface area (Å²) in [4.78, 5) is 12.4. The molecule has 1 atom stereocenters. The Labute approximate surface area is 151 Å². The van der Waals surface area contributed by atoms with E-state index in [4.69, 9.17) is 4.74 Å². The first-order valence-corrected chi connectivity index (χ1v) is 9.06. The van der Waals surface area contributed by atoms with Gasteiger partial charge in [0, 0.05) is 6.54 Å². The van der Waals surface area contributed by atoms with Gasteiger partial charge in [-0.3, -0.25) is 4.79 Å². The van der Waals surface area contributed by atoms with Crippen LogP contribution in [0.2, 0.25) is 0 Å². The van der Waals surface area contributed by atoms with Crippen LogP contribution in [0.4, 0.5) is 0 Å². The molecular formula is C22H29NO2. The van der Waals surface area contributed by atoms with Gasteiger partial charge in [-0.05, 0) is 68.9 Å². The molecule has 2 aromatic rings. The number of amides is 1. The number of benzene rings is 2. The van der Waals surface area contributed by atoms with E-state index in [9.17, 15) is 4.79 Å². The molecule has 0 aromatic heterocycles. The SMILES string of the molecule is CC[C@H](Oc1ccc(C)c(C)c1)C(=O)NCCCc1ccc(C)cc1. The Morgan fingerprint density at radius 2 is 1.76 bits per heavy atom. The van der Waals surface area contributed by atoms with E-state index in [1.54, 1.807) is 0 Å². The summed E-state index contributed by atoms with van der Waals surface area (Å²) in [6.45, 7) is 8.84. The van der Waals surface area contributed by atoms with E-state index < -0.39 is 6.10 Å². The summed E-state index contributed by atoms with van der Waals surface area (Å²) in [5.41, 5.74) is 4.97. The number of nitrogens with one attached hydrogen (secondary N) is 1. The first kappa shape index (κ1) is 19.0. The Bertz CT molecular complexity index is 692. The van der Waals surface area contributed by atoms with E-state index in [1.165, 1.54) is 22.3 Å². The first-order valence-electron chi connectivity index (χ1n) is 9.06. The fourth-order valence-electron chi connectivity index (χ4n) is 2.65. The van der Waals surface area contributed by atoms with Crippen molar-refractivity contribution in [2.45, 2.75) is 53.1 Å². The van der Waals surface area contributed by atoms with Crippen molar-refractivity contribution in [1.82, 2.24) is 5.32 Å². The largest absolute Gasteiger partial charge is 0.481 e. The highest BCUT2D eigenvalue weighted by Gasteiger charge is 2.17. The summed E-state index contributed by atoms with van der Waals surface area (Å²) < 4.78 is 5.88. The molecule has 25 heavy (non-hydrogen) atoms. The molecule has 0 radical (unpaired) electrons. The summed E-state index contributed by atoms with van der Waals surface area (Å²) >= 11 is 0. The minimum Gasteiger partial charge on any atom is -0.481 e. The maximum absolute atomic E-state index is 12.4. The topological polar surface area (TPSA) is 38.3 Å². The maximum Gasteiger partial charge on any atom is 0.261 e. The summed E-state index contributed by atoms with van der Waals surface area (Å²) in [5, 5.41) is 3.00. The maximum atomic E-state index is 12.4. The van der Waals surface area contributed by atoms with Crippen LogP contribution in [0.5, 0.6) is 5.75 Å². The third kappa shape index (κ3) is 5.93. The average molecular weight is 339 g/mol. The number of ether oxygens (including phenoxy) is 1. The number of carbonyl (C=O) groups is 1. The van der Waals surface area contributed by atoms with Crippen LogP contribution in [-0.2, 0) is 11.2 Å². The van der Waals surface area contributed by atoms with Crippen LogP contribution in [0.15, 0.2) is 42.5 Å². The first-order chi connectivity index (χ1) is 12.0. The van der Waals surface area contributed by atoms with Crippen LogP contribution in [0.1, 0.15) is 42.0 Å². The number of rotatable bonds is 8. The van der Waals surface area contributed by atoms with Crippen molar-refractivity contribution in [1.29, 1.82) is 0 Å². The molecule has 3 nitrogen and oxygen atoms in total. The second-order valence-corrected chi connectivity index (χ2v) is 6.64. The van der Waals surface area contributed by atoms with Gasteiger partial charge < -0.3 is 10.1 Å². The normalized spacial score (nSPS) is 11.8. The smallest absolute Gasteiger partial charge is 0.261 e. The minimum atomic E-state index is -0.443. The zero-order valence-corrected chi connectivity index (χ0v) is 15.8. The zero-order valence-electron chi connectivity index (χ0n) is 15.8. The van der Waals surface area contributed by atoms with Crippen LogP contribution in [0.3, 0.4) is 0 Å². The van der Waals surface area contributed by atoms with Gasteiger partial charge in [0.05, 0.1) is 0 Å². The Morgan fingerprint density at radius 3 is 2.40 bits per heavy atom. The van der Waals surface area contributed by atoms with Crippen molar-refractivity contribution in [3.63, 3.8) is 0 Å². The lowest BCUT2D eigenvalue weighted by Crippen LogP contribution is -2.38. The molecule has 0 fully saturated rings. The predicted molar refractivity (Wildman–Crippen MR) is 103 cm³/mol. The summed E-state index contributed by atoms with van der Waals surface area (Å²) in [6, 6.07) is 14.5. The van der Waals surface area contributed by atoms with Crippen molar-refractivity contribution in [3.8, 4) is 5.75 Å². The van der Waals surface area contributed by atoms with E-state index in [-0.39, 0.29) is 5.91 Å². The lowest BCUT2D eigenvalue weighted by molar-refractivity contribution is -0.128. The average Bonchev–Trinajstić information content (AvgIpc) is 2.61. The quantitative estimate of drug-likeness (QED) is 0.718. The summed E-state index contributed by atoms with van der Waals surface area (Å²) in [7, 11) is 0. The van der Waals surface area contributed by atoms with Crippen molar-refractivity contribution in [2.75, 3.05) is 6.54 Å². The van der Waals surface area contributed by atoms with Crippen LogP contribution >= 0.6 is 0 Å². The molecule has 0 aliphatic rings. The molecule has 1 amide bonds. The van der Waals surface area contributed by atoms with Crippen molar-refractivity contribution in [3.05, 3.63) is 64.7 Å². The Balaban J connectivity index is 1.79. The fourth-order valence-corrected chi connectivity index (χ4v) is 2.65. The van der Waals surface area contributed by atoms with Gasteiger partial charge in [-0.1, -0.05) is 42.8 Å². The molecule has 3 heteroatoms. The van der Waals surface area contributed by atoms with Crippen LogP contribution in [-0.4, -0.2) is 18.6 Å². The van der Waals surface area contributed by atoms with E-state index in [0.29, 0.717) is 13.0 Å². The lowest BCUT2D eigenvalue weighted by atomic mass is 10.1. The van der Waals surface area contributed by atoms with Crippen LogP contribution in [0.25, 0.3) is 0 Å². The second kappa shape index (κ2) is 9.26. The molecule has 2 rings (SSSR count). The Hall–Kier alpha value is -2.29. The number of hydrogen-bond acceptors (Lipinski definition) is 2. The van der Waals surface area contributed by atoms with Gasteiger partial charge in [-0.15, -0.1) is 0 Å². The molecule has 134 valence electrons. The van der Waals surface area contributed by atoms with Gasteiger partial charge in [-0.2, -0.15) is 0 Å². The molecule has 2 aromatic carbocycles. The molecule has 0 aliphatic carbocycles. The van der Waals surface area contributed by atoms with Crippen molar-refractivity contribution in [2.24, 2.45) is 0 Å². The van der Waals surface area contributed by atoms with E-state index in [1.807, 2.05) is 32.0 Å². The fraction of sp³-hybridized carbons (Fsp3) is 0.409. The van der Waals surface area contributed by atoms with Gasteiger partial charge in [0.2, 0.25) is 0 Å². The Morgan fingerprint density at radius 1 is 1.04 bits per heavy atom. The highest BCUT2D eigenvalue weighted by Crippen LogP contribution is 2.18. The monoisotopic (exact) mass is 339 g/mol. The van der Waals surface area contributed by atoms with Crippen LogP contribution < -0.4 is 10.1 Å². The molecule has 0 heterocycles. The zero-order chi connectivity index (χ0) is 18.2. The molecule has 0 spiro atoms. The molecular weight excluding hydrogens is 310 g/mol. The van der Waals surface area contributed by atoms with Gasteiger partial charge in [0.25, 0.3) is 5.91 Å². The van der Waals surface area contributed by atoms with Gasteiger partial charge in [0.1, 0.15) is 5.75 Å². The number of aryl methyl sites for hydroxylation is 4. The lowest BCUT2D eigenvalue weighted by Gasteiger charge is -2.18. The number of carbonyl (C=O) groups excluding carboxylic acids is 1. The summed E-state index contributed by atoms with van der Waals surface area (Å²) in [6.07, 6.45) is 2.10. The summed E-state index contributed by atoms with van der Waals surface area (Å²) in [5.74, 6) is 0.717. The number of hydrogen-bond donors (Lipinski definition) is 1. The second-order valence-electron chi connectivity index (χ2n) is 6.64. The molecule has 0 unspecified atom stereocenters. The van der Waals surface area contributed by atoms with E-state index in [0.717, 1.165) is 18.6 Å². The predicted octanol–water partition coefficient (Wildman–Crippen LogP) is 4.52. The van der Waals surface area contributed by atoms with Gasteiger partial charge in [0.15, 0.2) is 6.10 Å². The van der Waals surface area contributed by atoms with Crippen molar-refractivity contribution >= 4 is 5.91 Å². The van der Waals surface area contributed by atoms with Gasteiger partial charge >= 0.3 is 0 Å². The highest BCUT2D eigenvalue weighted by molar-refractivity contribution is 5.81. The Kier molecular flexibility index (Phi) is 7.05. The third-order valence-electron chi connectivity index (χ3n) is 4.48. The molecule has 0 saturated heterocycles. The van der Waals surface area contributed by atoms with Crippen molar-refractivity contribution < 1.29 is 9.53 Å². The third-order valence-corrected chi connectivity index (χ3v) is 4.48. The van der Waals surface area contributed by atoms with Crippen LogP contribution in [0, 0.1) is 20.8 Å². The molecule has 1 N–H and O–H groups in total. The molecule has 0 saturated carbocycles. The highest BCUT2D eigenvalue weighted by atomic mass is 16.5. The van der Waals surface area contributed by atoms with E-state index >= 15 is 0 Å². The molecule has 0 bridgehead atoms. The molecule has 0 aliphatic heterocycles. The van der Waals surface area contributed by atoms with Gasteiger partial charge in [-0.25, -0.2) is 0 Å². The van der Waals surface area contributed by atoms with E-state index in [2.05, 4.69) is 43.4 Å².